The quantitative estimate of drug-likeness (QED) is 0.794. The van der Waals surface area contributed by atoms with E-state index in [0.717, 1.165) is 5.56 Å². The smallest absolute Gasteiger partial charge is 0.322 e. The molecule has 1 aromatic carbocycles. The lowest BCUT2D eigenvalue weighted by Crippen LogP contribution is -2.33. The Bertz CT molecular complexity index is 651. The molecule has 0 spiro atoms. The standard InChI is InChI=1S/C15H17Cl2N3O3/c1-8(10-4-3-9(16)7-11(10)17)20(2)13(21)6-5-12-14(22)19-15(23)18-12/h3-4,7-8,12H,5-6H2,1-2H3,(H2,18,19,22,23)/t8-,12-/m0/s1. The molecule has 0 aromatic heterocycles. The van der Waals surface area contributed by atoms with E-state index in [9.17, 15) is 14.4 Å². The van der Waals surface area contributed by atoms with Gasteiger partial charge in [-0.25, -0.2) is 4.79 Å². The van der Waals surface area contributed by atoms with Crippen molar-refractivity contribution in [2.45, 2.75) is 31.8 Å². The molecule has 8 heteroatoms. The zero-order chi connectivity index (χ0) is 17.1. The number of rotatable bonds is 5. The van der Waals surface area contributed by atoms with E-state index < -0.39 is 18.0 Å². The SMILES string of the molecule is C[C@@H](c1ccc(Cl)cc1Cl)N(C)C(=O)CC[C@@H]1NC(=O)NC1=O. The Labute approximate surface area is 144 Å². The van der Waals surface area contributed by atoms with Crippen molar-refractivity contribution in [1.29, 1.82) is 0 Å². The molecule has 0 unspecified atom stereocenters. The molecule has 0 radical (unpaired) electrons. The number of hydrogen-bond acceptors (Lipinski definition) is 3. The molecule has 1 saturated heterocycles. The predicted octanol–water partition coefficient (Wildman–Crippen LogP) is 2.50. The minimum atomic E-state index is -0.658. The molecule has 4 amide bonds. The Morgan fingerprint density at radius 1 is 1.35 bits per heavy atom. The second-order valence-electron chi connectivity index (χ2n) is 5.40. The molecule has 1 aliphatic rings. The fourth-order valence-corrected chi connectivity index (χ4v) is 2.94. The van der Waals surface area contributed by atoms with Crippen molar-refractivity contribution in [3.05, 3.63) is 33.8 Å². The van der Waals surface area contributed by atoms with Crippen LogP contribution in [0.25, 0.3) is 0 Å². The molecule has 1 heterocycles. The van der Waals surface area contributed by atoms with Crippen LogP contribution in [0, 0.1) is 0 Å². The number of nitrogens with zero attached hydrogens (tertiary/aromatic N) is 1. The van der Waals surface area contributed by atoms with Crippen LogP contribution < -0.4 is 10.6 Å². The molecular weight excluding hydrogens is 341 g/mol. The van der Waals surface area contributed by atoms with E-state index in [2.05, 4.69) is 10.6 Å². The third-order valence-corrected chi connectivity index (χ3v) is 4.45. The molecule has 2 rings (SSSR count). The first-order chi connectivity index (χ1) is 10.8. The van der Waals surface area contributed by atoms with Crippen molar-refractivity contribution >= 4 is 41.0 Å². The number of carbonyl (C=O) groups is 3. The number of carbonyl (C=O) groups excluding carboxylic acids is 3. The Morgan fingerprint density at radius 2 is 2.04 bits per heavy atom. The molecular formula is C15H17Cl2N3O3. The summed E-state index contributed by atoms with van der Waals surface area (Å²) in [5.41, 5.74) is 0.791. The van der Waals surface area contributed by atoms with Gasteiger partial charge in [-0.3, -0.25) is 14.9 Å². The fraction of sp³-hybridized carbons (Fsp3) is 0.400. The van der Waals surface area contributed by atoms with Crippen LogP contribution in [0.3, 0.4) is 0 Å². The van der Waals surface area contributed by atoms with Gasteiger partial charge in [0.05, 0.1) is 6.04 Å². The van der Waals surface area contributed by atoms with Gasteiger partial charge < -0.3 is 10.2 Å². The summed E-state index contributed by atoms with van der Waals surface area (Å²) in [6.07, 6.45) is 0.395. The van der Waals surface area contributed by atoms with Gasteiger partial charge in [0.1, 0.15) is 6.04 Å². The van der Waals surface area contributed by atoms with E-state index in [1.54, 1.807) is 30.1 Å². The van der Waals surface area contributed by atoms with Gasteiger partial charge in [0.15, 0.2) is 0 Å². The Morgan fingerprint density at radius 3 is 2.61 bits per heavy atom. The first-order valence-electron chi connectivity index (χ1n) is 7.11. The third kappa shape index (κ3) is 4.14. The summed E-state index contributed by atoms with van der Waals surface area (Å²) in [4.78, 5) is 36.3. The highest BCUT2D eigenvalue weighted by Gasteiger charge is 2.30. The second-order valence-corrected chi connectivity index (χ2v) is 6.24. The number of amides is 4. The van der Waals surface area contributed by atoms with Crippen molar-refractivity contribution in [2.75, 3.05) is 7.05 Å². The van der Waals surface area contributed by atoms with Crippen LogP contribution >= 0.6 is 23.2 Å². The molecule has 1 aromatic rings. The zero-order valence-electron chi connectivity index (χ0n) is 12.7. The van der Waals surface area contributed by atoms with Gasteiger partial charge in [-0.15, -0.1) is 0 Å². The van der Waals surface area contributed by atoms with Gasteiger partial charge in [0.25, 0.3) is 5.91 Å². The summed E-state index contributed by atoms with van der Waals surface area (Å²) >= 11 is 12.0. The molecule has 1 fully saturated rings. The molecule has 2 atom stereocenters. The van der Waals surface area contributed by atoms with E-state index in [0.29, 0.717) is 10.0 Å². The highest BCUT2D eigenvalue weighted by Crippen LogP contribution is 2.29. The first kappa shape index (κ1) is 17.6. The van der Waals surface area contributed by atoms with Crippen LogP contribution in [0.1, 0.15) is 31.4 Å². The number of imide groups is 1. The molecule has 0 bridgehead atoms. The number of hydrogen-bond donors (Lipinski definition) is 2. The summed E-state index contributed by atoms with van der Waals surface area (Å²) in [6.45, 7) is 1.86. The van der Waals surface area contributed by atoms with Crippen molar-refractivity contribution < 1.29 is 14.4 Å². The summed E-state index contributed by atoms with van der Waals surface area (Å²) in [5.74, 6) is -0.545. The van der Waals surface area contributed by atoms with Gasteiger partial charge >= 0.3 is 6.03 Å². The van der Waals surface area contributed by atoms with Crippen molar-refractivity contribution in [2.24, 2.45) is 0 Å². The van der Waals surface area contributed by atoms with Gasteiger partial charge in [-0.1, -0.05) is 29.3 Å². The molecule has 1 aliphatic heterocycles. The summed E-state index contributed by atoms with van der Waals surface area (Å²) < 4.78 is 0. The van der Waals surface area contributed by atoms with Gasteiger partial charge in [-0.05, 0) is 31.0 Å². The van der Waals surface area contributed by atoms with Gasteiger partial charge in [0, 0.05) is 23.5 Å². The molecule has 124 valence electrons. The Kier molecular flexibility index (Phi) is 5.49. The maximum atomic E-state index is 12.3. The maximum absolute atomic E-state index is 12.3. The third-order valence-electron chi connectivity index (χ3n) is 3.89. The van der Waals surface area contributed by atoms with Crippen LogP contribution in [-0.4, -0.2) is 35.8 Å². The largest absolute Gasteiger partial charge is 0.339 e. The fourth-order valence-electron chi connectivity index (χ4n) is 2.37. The average molecular weight is 358 g/mol. The monoisotopic (exact) mass is 357 g/mol. The first-order valence-corrected chi connectivity index (χ1v) is 7.87. The minimum absolute atomic E-state index is 0.141. The van der Waals surface area contributed by atoms with Crippen LogP contribution in [-0.2, 0) is 9.59 Å². The molecule has 6 nitrogen and oxygen atoms in total. The molecule has 2 N–H and O–H groups in total. The highest BCUT2D eigenvalue weighted by atomic mass is 35.5. The van der Waals surface area contributed by atoms with E-state index in [1.165, 1.54) is 0 Å². The van der Waals surface area contributed by atoms with Crippen molar-refractivity contribution in [3.8, 4) is 0 Å². The normalized spacial score (nSPS) is 18.3. The summed E-state index contributed by atoms with van der Waals surface area (Å²) in [6, 6.07) is 3.71. The number of halogens is 2. The van der Waals surface area contributed by atoms with Crippen LogP contribution in [0.4, 0.5) is 4.79 Å². The van der Waals surface area contributed by atoms with Gasteiger partial charge in [0.2, 0.25) is 5.91 Å². The lowest BCUT2D eigenvalue weighted by molar-refractivity contribution is -0.132. The molecule has 23 heavy (non-hydrogen) atoms. The minimum Gasteiger partial charge on any atom is -0.339 e. The predicted molar refractivity (Wildman–Crippen MR) is 87.3 cm³/mol. The second kappa shape index (κ2) is 7.19. The Hall–Kier alpha value is -1.79. The van der Waals surface area contributed by atoms with Crippen LogP contribution in [0.2, 0.25) is 10.0 Å². The van der Waals surface area contributed by atoms with E-state index in [-0.39, 0.29) is 24.8 Å². The summed E-state index contributed by atoms with van der Waals surface area (Å²) in [7, 11) is 1.67. The topological polar surface area (TPSA) is 78.5 Å². The lowest BCUT2D eigenvalue weighted by Gasteiger charge is -2.26. The van der Waals surface area contributed by atoms with Crippen molar-refractivity contribution in [3.63, 3.8) is 0 Å². The average Bonchev–Trinajstić information content (AvgIpc) is 2.81. The number of benzene rings is 1. The number of urea groups is 1. The number of nitrogens with one attached hydrogen (secondary N) is 2. The van der Waals surface area contributed by atoms with Gasteiger partial charge in [-0.2, -0.15) is 0 Å². The highest BCUT2D eigenvalue weighted by molar-refractivity contribution is 6.35. The van der Waals surface area contributed by atoms with E-state index in [4.69, 9.17) is 23.2 Å². The zero-order valence-corrected chi connectivity index (χ0v) is 14.2. The maximum Gasteiger partial charge on any atom is 0.322 e. The van der Waals surface area contributed by atoms with Crippen LogP contribution in [0.5, 0.6) is 0 Å². The van der Waals surface area contributed by atoms with E-state index in [1.807, 2.05) is 6.92 Å². The Balaban J connectivity index is 1.96. The molecule has 0 aliphatic carbocycles. The summed E-state index contributed by atoms with van der Waals surface area (Å²) in [5, 5.41) is 5.63. The van der Waals surface area contributed by atoms with E-state index >= 15 is 0 Å². The van der Waals surface area contributed by atoms with Crippen LogP contribution in [0.15, 0.2) is 18.2 Å². The molecule has 0 saturated carbocycles. The van der Waals surface area contributed by atoms with Crippen molar-refractivity contribution in [1.82, 2.24) is 15.5 Å². The lowest BCUT2D eigenvalue weighted by atomic mass is 10.1.